The van der Waals surface area contributed by atoms with Crippen LogP contribution in [0.3, 0.4) is 0 Å². The third kappa shape index (κ3) is 3.78. The maximum Gasteiger partial charge on any atom is 0.333 e. The zero-order valence-corrected chi connectivity index (χ0v) is 20.0. The molecule has 0 fully saturated rings. The van der Waals surface area contributed by atoms with Crippen LogP contribution in [0.1, 0.15) is 11.3 Å². The summed E-state index contributed by atoms with van der Waals surface area (Å²) >= 11 is 0. The molecule has 4 heterocycles. The molecule has 11 heteroatoms. The summed E-state index contributed by atoms with van der Waals surface area (Å²) in [7, 11) is 0.236. The van der Waals surface area contributed by atoms with Crippen molar-refractivity contribution in [1.82, 2.24) is 33.6 Å². The molecular weight excluding hydrogens is 454 g/mol. The first-order chi connectivity index (χ1) is 16.1. The van der Waals surface area contributed by atoms with Gasteiger partial charge in [0, 0.05) is 50.2 Å². The Morgan fingerprint density at radius 1 is 1.06 bits per heavy atom. The lowest BCUT2D eigenvalue weighted by atomic mass is 10.0. The largest absolute Gasteiger partial charge is 0.333 e. The molecular formula is C23H23N7O3S. The van der Waals surface area contributed by atoms with Crippen molar-refractivity contribution in [1.29, 1.82) is 0 Å². The molecule has 10 nitrogen and oxygen atoms in total. The molecule has 1 aromatic carbocycles. The Bertz CT molecular complexity index is 1750. The Morgan fingerprint density at radius 3 is 2.56 bits per heavy atom. The number of benzene rings is 1. The number of imidazole rings is 1. The number of hydrogen-bond acceptors (Lipinski definition) is 6. The van der Waals surface area contributed by atoms with Gasteiger partial charge in [0.25, 0.3) is 0 Å². The van der Waals surface area contributed by atoms with Crippen molar-refractivity contribution in [3.63, 3.8) is 0 Å². The summed E-state index contributed by atoms with van der Waals surface area (Å²) in [6, 6.07) is 7.72. The van der Waals surface area contributed by atoms with Crippen molar-refractivity contribution >= 4 is 32.0 Å². The van der Waals surface area contributed by atoms with E-state index in [2.05, 4.69) is 19.8 Å². The van der Waals surface area contributed by atoms with E-state index >= 15 is 0 Å². The van der Waals surface area contributed by atoms with Crippen LogP contribution in [0.25, 0.3) is 38.8 Å². The standard InChI is InChI=1S/C23H23N7O3S/c1-14-21(13-28(2)27-14)30-22-18-8-16(5-6-19(18)25-12-20(22)29(3)23(30)31)17-7-15(9-24-11-17)10-26-34(4,32)33/h5-9,11-13,26H,10H2,1-4H3. The lowest BCUT2D eigenvalue weighted by Gasteiger charge is -2.09. The third-order valence-corrected chi connectivity index (χ3v) is 6.45. The normalized spacial score (nSPS) is 12.1. The summed E-state index contributed by atoms with van der Waals surface area (Å²) in [6.45, 7) is 2.02. The van der Waals surface area contributed by atoms with Gasteiger partial charge in [-0.05, 0) is 36.2 Å². The van der Waals surface area contributed by atoms with Gasteiger partial charge in [-0.3, -0.25) is 23.8 Å². The predicted octanol–water partition coefficient (Wildman–Crippen LogP) is 2.03. The second-order valence-corrected chi connectivity index (χ2v) is 10.2. The van der Waals surface area contributed by atoms with E-state index < -0.39 is 10.0 Å². The summed E-state index contributed by atoms with van der Waals surface area (Å²) in [5.41, 5.74) is 5.93. The highest BCUT2D eigenvalue weighted by atomic mass is 32.2. The second-order valence-electron chi connectivity index (χ2n) is 8.35. The van der Waals surface area contributed by atoms with E-state index in [1.807, 2.05) is 44.4 Å². The maximum atomic E-state index is 13.2. The average Bonchev–Trinajstić information content (AvgIpc) is 3.26. The molecule has 174 valence electrons. The van der Waals surface area contributed by atoms with Gasteiger partial charge < -0.3 is 0 Å². The van der Waals surface area contributed by atoms with Gasteiger partial charge in [0.05, 0.1) is 40.4 Å². The van der Waals surface area contributed by atoms with Crippen LogP contribution in [-0.2, 0) is 30.7 Å². The van der Waals surface area contributed by atoms with Crippen molar-refractivity contribution < 1.29 is 8.42 Å². The van der Waals surface area contributed by atoms with E-state index in [-0.39, 0.29) is 12.2 Å². The Hall–Kier alpha value is -3.83. The van der Waals surface area contributed by atoms with Crippen molar-refractivity contribution in [2.24, 2.45) is 14.1 Å². The van der Waals surface area contributed by atoms with Crippen LogP contribution in [0.15, 0.2) is 53.8 Å². The molecule has 0 atom stereocenters. The molecule has 0 unspecified atom stereocenters. The lowest BCUT2D eigenvalue weighted by molar-refractivity contribution is 0.587. The number of sulfonamides is 1. The molecule has 5 aromatic rings. The molecule has 0 bridgehead atoms. The summed E-state index contributed by atoms with van der Waals surface area (Å²) < 4.78 is 30.4. The number of fused-ring (bicyclic) bond motifs is 3. The van der Waals surface area contributed by atoms with Gasteiger partial charge in [0.15, 0.2) is 0 Å². The Morgan fingerprint density at radius 2 is 1.85 bits per heavy atom. The monoisotopic (exact) mass is 477 g/mol. The van der Waals surface area contributed by atoms with E-state index in [4.69, 9.17) is 0 Å². The molecule has 0 aliphatic carbocycles. The molecule has 5 rings (SSSR count). The quantitative estimate of drug-likeness (QED) is 0.414. The topological polar surface area (TPSA) is 117 Å². The molecule has 0 saturated carbocycles. The number of aromatic nitrogens is 6. The van der Waals surface area contributed by atoms with Crippen molar-refractivity contribution in [3.05, 3.63) is 70.8 Å². The van der Waals surface area contributed by atoms with E-state index in [1.54, 1.807) is 39.5 Å². The van der Waals surface area contributed by atoms with Gasteiger partial charge in [-0.2, -0.15) is 5.10 Å². The molecule has 0 spiro atoms. The maximum absolute atomic E-state index is 13.2. The Balaban J connectivity index is 1.72. The van der Waals surface area contributed by atoms with Gasteiger partial charge in [0.1, 0.15) is 0 Å². The lowest BCUT2D eigenvalue weighted by Crippen LogP contribution is -2.21. The van der Waals surface area contributed by atoms with Crippen molar-refractivity contribution in [2.45, 2.75) is 13.5 Å². The van der Waals surface area contributed by atoms with Crippen LogP contribution < -0.4 is 10.4 Å². The number of pyridine rings is 2. The number of aryl methyl sites for hydroxylation is 3. The summed E-state index contributed by atoms with van der Waals surface area (Å²) in [5, 5.41) is 5.22. The molecule has 0 aliphatic rings. The van der Waals surface area contributed by atoms with Gasteiger partial charge in [0.2, 0.25) is 10.0 Å². The number of hydrogen-bond donors (Lipinski definition) is 1. The molecule has 1 N–H and O–H groups in total. The smallest absolute Gasteiger partial charge is 0.293 e. The van der Waals surface area contributed by atoms with E-state index in [0.717, 1.165) is 45.1 Å². The minimum atomic E-state index is -3.32. The molecule has 0 radical (unpaired) electrons. The Kier molecular flexibility index (Phi) is 5.10. The third-order valence-electron chi connectivity index (χ3n) is 5.78. The predicted molar refractivity (Wildman–Crippen MR) is 130 cm³/mol. The van der Waals surface area contributed by atoms with Crippen LogP contribution in [-0.4, -0.2) is 43.6 Å². The number of nitrogens with one attached hydrogen (secondary N) is 1. The summed E-state index contributed by atoms with van der Waals surface area (Å²) in [5.74, 6) is 0. The number of rotatable bonds is 5. The summed E-state index contributed by atoms with van der Waals surface area (Å²) in [4.78, 5) is 22.1. The van der Waals surface area contributed by atoms with Gasteiger partial charge in [-0.25, -0.2) is 17.9 Å². The average molecular weight is 478 g/mol. The molecule has 34 heavy (non-hydrogen) atoms. The first-order valence-corrected chi connectivity index (χ1v) is 12.4. The fraction of sp³-hybridized carbons (Fsp3) is 0.217. The van der Waals surface area contributed by atoms with E-state index in [0.29, 0.717) is 11.2 Å². The highest BCUT2D eigenvalue weighted by molar-refractivity contribution is 7.88. The fourth-order valence-electron chi connectivity index (χ4n) is 4.16. The second kappa shape index (κ2) is 7.89. The first-order valence-electron chi connectivity index (χ1n) is 10.5. The zero-order valence-electron chi connectivity index (χ0n) is 19.1. The summed E-state index contributed by atoms with van der Waals surface area (Å²) in [6.07, 6.45) is 8.01. The first kappa shape index (κ1) is 22.0. The van der Waals surface area contributed by atoms with E-state index in [9.17, 15) is 13.2 Å². The minimum Gasteiger partial charge on any atom is -0.293 e. The molecule has 0 saturated heterocycles. The molecule has 4 aromatic heterocycles. The SMILES string of the molecule is Cc1nn(C)cc1-n1c(=O)n(C)c2cnc3ccc(-c4cncc(CNS(C)(=O)=O)c4)cc3c21. The van der Waals surface area contributed by atoms with Gasteiger partial charge >= 0.3 is 5.69 Å². The highest BCUT2D eigenvalue weighted by Crippen LogP contribution is 2.30. The van der Waals surface area contributed by atoms with Crippen LogP contribution in [0.4, 0.5) is 0 Å². The van der Waals surface area contributed by atoms with Crippen LogP contribution in [0.2, 0.25) is 0 Å². The Labute approximate surface area is 195 Å². The zero-order chi connectivity index (χ0) is 24.2. The van der Waals surface area contributed by atoms with Crippen molar-refractivity contribution in [2.75, 3.05) is 6.26 Å². The van der Waals surface area contributed by atoms with Gasteiger partial charge in [-0.15, -0.1) is 0 Å². The van der Waals surface area contributed by atoms with Crippen LogP contribution in [0, 0.1) is 6.92 Å². The van der Waals surface area contributed by atoms with Gasteiger partial charge in [-0.1, -0.05) is 6.07 Å². The molecule has 0 aliphatic heterocycles. The number of nitrogens with zero attached hydrogens (tertiary/aromatic N) is 6. The molecule has 0 amide bonds. The highest BCUT2D eigenvalue weighted by Gasteiger charge is 2.19. The fourth-order valence-corrected chi connectivity index (χ4v) is 4.59. The van der Waals surface area contributed by atoms with E-state index in [1.165, 1.54) is 0 Å². The van der Waals surface area contributed by atoms with Crippen molar-refractivity contribution in [3.8, 4) is 16.8 Å². The minimum absolute atomic E-state index is 0.150. The van der Waals surface area contributed by atoms with Crippen LogP contribution >= 0.6 is 0 Å². The van der Waals surface area contributed by atoms with Crippen LogP contribution in [0.5, 0.6) is 0 Å².